The number of rotatable bonds is 5. The summed E-state index contributed by atoms with van der Waals surface area (Å²) in [6.07, 6.45) is 0.237. The first-order chi connectivity index (χ1) is 8.75. The zero-order valence-corrected chi connectivity index (χ0v) is 10.0. The van der Waals surface area contributed by atoms with Crippen LogP contribution in [0.5, 0.6) is 5.75 Å². The van der Waals surface area contributed by atoms with E-state index in [2.05, 4.69) is 12.1 Å². The summed E-state index contributed by atoms with van der Waals surface area (Å²) < 4.78 is 5.41. The summed E-state index contributed by atoms with van der Waals surface area (Å²) in [6, 6.07) is 17.9. The Balaban J connectivity index is 2.00. The zero-order valence-electron chi connectivity index (χ0n) is 10.0. The van der Waals surface area contributed by atoms with E-state index in [1.807, 2.05) is 42.5 Å². The molecular weight excluding hydrogens is 226 g/mol. The van der Waals surface area contributed by atoms with Gasteiger partial charge in [-0.1, -0.05) is 42.5 Å². The van der Waals surface area contributed by atoms with Crippen LogP contribution in [-0.2, 0) is 4.79 Å². The smallest absolute Gasteiger partial charge is 0.220 e. The van der Waals surface area contributed by atoms with Crippen molar-refractivity contribution in [2.45, 2.75) is 6.42 Å². The number of carbonyl (C=O) groups excluding carboxylic acids is 1. The number of ether oxygens (including phenoxy) is 1. The van der Waals surface area contributed by atoms with Gasteiger partial charge in [-0.05, 0) is 23.3 Å². The molecular formula is C15H15NO2. The number of hydrogen-bond acceptors (Lipinski definition) is 2. The van der Waals surface area contributed by atoms with Crippen molar-refractivity contribution in [3.63, 3.8) is 0 Å². The SMILES string of the molecule is NC(=O)CCOc1ccc(-c2ccccc2)cc1. The molecule has 0 saturated heterocycles. The summed E-state index contributed by atoms with van der Waals surface area (Å²) in [5.74, 6) is 0.395. The fourth-order valence-corrected chi connectivity index (χ4v) is 1.64. The van der Waals surface area contributed by atoms with E-state index in [0.717, 1.165) is 11.3 Å². The van der Waals surface area contributed by atoms with E-state index in [-0.39, 0.29) is 12.3 Å². The molecule has 92 valence electrons. The molecule has 0 bridgehead atoms. The number of amides is 1. The molecule has 0 radical (unpaired) electrons. The van der Waals surface area contributed by atoms with Gasteiger partial charge in [0.2, 0.25) is 5.91 Å². The van der Waals surface area contributed by atoms with Crippen molar-refractivity contribution in [3.05, 3.63) is 54.6 Å². The highest BCUT2D eigenvalue weighted by atomic mass is 16.5. The second-order valence-corrected chi connectivity index (χ2v) is 3.96. The maximum Gasteiger partial charge on any atom is 0.220 e. The highest BCUT2D eigenvalue weighted by molar-refractivity contribution is 5.73. The van der Waals surface area contributed by atoms with Gasteiger partial charge in [0, 0.05) is 0 Å². The Bertz CT molecular complexity index is 506. The van der Waals surface area contributed by atoms with Gasteiger partial charge in [0.05, 0.1) is 13.0 Å². The Labute approximate surface area is 106 Å². The lowest BCUT2D eigenvalue weighted by Crippen LogP contribution is -2.14. The highest BCUT2D eigenvalue weighted by Crippen LogP contribution is 2.21. The lowest BCUT2D eigenvalue weighted by Gasteiger charge is -2.06. The number of carbonyl (C=O) groups is 1. The molecule has 0 spiro atoms. The second-order valence-electron chi connectivity index (χ2n) is 3.96. The summed E-state index contributed by atoms with van der Waals surface area (Å²) in [6.45, 7) is 0.319. The van der Waals surface area contributed by atoms with Crippen LogP contribution in [0.25, 0.3) is 11.1 Å². The molecule has 2 rings (SSSR count). The normalized spacial score (nSPS) is 10.0. The third kappa shape index (κ3) is 3.35. The molecule has 0 unspecified atom stereocenters. The van der Waals surface area contributed by atoms with Crippen LogP contribution in [0.2, 0.25) is 0 Å². The van der Waals surface area contributed by atoms with Crippen molar-refractivity contribution in [2.24, 2.45) is 5.73 Å². The summed E-state index contributed by atoms with van der Waals surface area (Å²) in [7, 11) is 0. The van der Waals surface area contributed by atoms with Crippen LogP contribution < -0.4 is 10.5 Å². The maximum atomic E-state index is 10.6. The van der Waals surface area contributed by atoms with Gasteiger partial charge in [-0.15, -0.1) is 0 Å². The van der Waals surface area contributed by atoms with Crippen LogP contribution in [0.15, 0.2) is 54.6 Å². The minimum Gasteiger partial charge on any atom is -0.493 e. The quantitative estimate of drug-likeness (QED) is 0.874. The molecule has 3 heteroatoms. The zero-order chi connectivity index (χ0) is 12.8. The van der Waals surface area contributed by atoms with Crippen molar-refractivity contribution in [2.75, 3.05) is 6.61 Å². The van der Waals surface area contributed by atoms with Gasteiger partial charge in [-0.25, -0.2) is 0 Å². The van der Waals surface area contributed by atoms with E-state index in [4.69, 9.17) is 10.5 Å². The average Bonchev–Trinajstić information content (AvgIpc) is 2.40. The standard InChI is InChI=1S/C15H15NO2/c16-15(17)10-11-18-14-8-6-13(7-9-14)12-4-2-1-3-5-12/h1-9H,10-11H2,(H2,16,17). The number of hydrogen-bond donors (Lipinski definition) is 1. The van der Waals surface area contributed by atoms with Gasteiger partial charge in [0.25, 0.3) is 0 Å². The summed E-state index contributed by atoms with van der Waals surface area (Å²) in [5, 5.41) is 0. The largest absolute Gasteiger partial charge is 0.493 e. The minimum atomic E-state index is -0.351. The van der Waals surface area contributed by atoms with Crippen molar-refractivity contribution >= 4 is 5.91 Å². The summed E-state index contributed by atoms with van der Waals surface area (Å²) in [4.78, 5) is 10.6. The fraction of sp³-hybridized carbons (Fsp3) is 0.133. The lowest BCUT2D eigenvalue weighted by molar-refractivity contribution is -0.118. The predicted molar refractivity (Wildman–Crippen MR) is 71.2 cm³/mol. The molecule has 18 heavy (non-hydrogen) atoms. The van der Waals surface area contributed by atoms with E-state index >= 15 is 0 Å². The van der Waals surface area contributed by atoms with Gasteiger partial charge in [-0.3, -0.25) is 4.79 Å². The van der Waals surface area contributed by atoms with Gasteiger partial charge in [-0.2, -0.15) is 0 Å². The maximum absolute atomic E-state index is 10.6. The van der Waals surface area contributed by atoms with Crippen molar-refractivity contribution in [1.82, 2.24) is 0 Å². The van der Waals surface area contributed by atoms with E-state index in [1.54, 1.807) is 0 Å². The van der Waals surface area contributed by atoms with Gasteiger partial charge in [0.15, 0.2) is 0 Å². The highest BCUT2D eigenvalue weighted by Gasteiger charge is 1.99. The molecule has 2 aromatic rings. The molecule has 0 atom stereocenters. The number of nitrogens with two attached hydrogens (primary N) is 1. The Morgan fingerprint density at radius 2 is 1.56 bits per heavy atom. The Hall–Kier alpha value is -2.29. The van der Waals surface area contributed by atoms with Crippen LogP contribution in [0, 0.1) is 0 Å². The number of primary amides is 1. The molecule has 3 nitrogen and oxygen atoms in total. The van der Waals surface area contributed by atoms with Gasteiger partial charge >= 0.3 is 0 Å². The molecule has 2 N–H and O–H groups in total. The molecule has 0 fully saturated rings. The van der Waals surface area contributed by atoms with Gasteiger partial charge in [0.1, 0.15) is 5.75 Å². The van der Waals surface area contributed by atoms with E-state index in [1.165, 1.54) is 5.56 Å². The molecule has 1 amide bonds. The van der Waals surface area contributed by atoms with Gasteiger partial charge < -0.3 is 10.5 Å². The summed E-state index contributed by atoms with van der Waals surface area (Å²) in [5.41, 5.74) is 7.34. The van der Waals surface area contributed by atoms with Crippen molar-refractivity contribution < 1.29 is 9.53 Å². The molecule has 0 heterocycles. The molecule has 0 saturated carbocycles. The first-order valence-electron chi connectivity index (χ1n) is 5.82. The van der Waals surface area contributed by atoms with Crippen LogP contribution in [-0.4, -0.2) is 12.5 Å². The minimum absolute atomic E-state index is 0.237. The number of benzene rings is 2. The van der Waals surface area contributed by atoms with Crippen molar-refractivity contribution in [3.8, 4) is 16.9 Å². The average molecular weight is 241 g/mol. The Morgan fingerprint density at radius 3 is 2.17 bits per heavy atom. The van der Waals surface area contributed by atoms with Crippen molar-refractivity contribution in [1.29, 1.82) is 0 Å². The summed E-state index contributed by atoms with van der Waals surface area (Å²) >= 11 is 0. The van der Waals surface area contributed by atoms with Crippen LogP contribution in [0.3, 0.4) is 0 Å². The van der Waals surface area contributed by atoms with Crippen LogP contribution in [0.4, 0.5) is 0 Å². The first-order valence-corrected chi connectivity index (χ1v) is 5.82. The first kappa shape index (κ1) is 12.2. The third-order valence-electron chi connectivity index (χ3n) is 2.58. The predicted octanol–water partition coefficient (Wildman–Crippen LogP) is 2.61. The molecule has 2 aromatic carbocycles. The van der Waals surface area contributed by atoms with E-state index in [9.17, 15) is 4.79 Å². The topological polar surface area (TPSA) is 52.3 Å². The third-order valence-corrected chi connectivity index (χ3v) is 2.58. The monoisotopic (exact) mass is 241 g/mol. The molecule has 0 aliphatic carbocycles. The van der Waals surface area contributed by atoms with E-state index in [0.29, 0.717) is 6.61 Å². The Morgan fingerprint density at radius 1 is 0.944 bits per heavy atom. The van der Waals surface area contributed by atoms with Crippen LogP contribution in [0.1, 0.15) is 6.42 Å². The molecule has 0 aliphatic rings. The second kappa shape index (κ2) is 5.87. The fourth-order valence-electron chi connectivity index (χ4n) is 1.64. The molecule has 0 aromatic heterocycles. The Kier molecular flexibility index (Phi) is 3.97. The lowest BCUT2D eigenvalue weighted by atomic mass is 10.1. The molecule has 0 aliphatic heterocycles. The van der Waals surface area contributed by atoms with E-state index < -0.39 is 0 Å². The van der Waals surface area contributed by atoms with Crippen LogP contribution >= 0.6 is 0 Å².